The number of pyridine rings is 1. The van der Waals surface area contributed by atoms with E-state index in [1.54, 1.807) is 24.6 Å². The Morgan fingerprint density at radius 1 is 1.29 bits per heavy atom. The third-order valence-electron chi connectivity index (χ3n) is 2.95. The van der Waals surface area contributed by atoms with Crippen LogP contribution in [0.15, 0.2) is 34.8 Å². The minimum absolute atomic E-state index is 0.469. The van der Waals surface area contributed by atoms with Crippen LogP contribution in [0.25, 0.3) is 0 Å². The van der Waals surface area contributed by atoms with Gasteiger partial charge < -0.3 is 10.6 Å². The molecule has 0 fully saturated rings. The van der Waals surface area contributed by atoms with E-state index in [1.807, 2.05) is 18.2 Å². The van der Waals surface area contributed by atoms with Crippen molar-refractivity contribution in [3.05, 3.63) is 46.2 Å². The molecule has 0 atom stereocenters. The second-order valence-electron chi connectivity index (χ2n) is 4.92. The van der Waals surface area contributed by atoms with Gasteiger partial charge >= 0.3 is 0 Å². The van der Waals surface area contributed by atoms with Crippen LogP contribution < -0.4 is 10.6 Å². The van der Waals surface area contributed by atoms with Gasteiger partial charge in [-0.3, -0.25) is 9.98 Å². The number of hydrogen-bond acceptors (Lipinski definition) is 4. The lowest BCUT2D eigenvalue weighted by Crippen LogP contribution is -2.36. The van der Waals surface area contributed by atoms with Crippen LogP contribution in [0.4, 0.5) is 0 Å². The number of hydrogen-bond donors (Lipinski definition) is 2. The summed E-state index contributed by atoms with van der Waals surface area (Å²) in [5.74, 6) is 1.22. The fraction of sp³-hybridized carbons (Fsp3) is 0.400. The third kappa shape index (κ3) is 4.82. The van der Waals surface area contributed by atoms with E-state index in [9.17, 15) is 0 Å². The van der Waals surface area contributed by atoms with E-state index in [0.717, 1.165) is 22.4 Å². The average Bonchev–Trinajstić information content (AvgIpc) is 2.98. The van der Waals surface area contributed by atoms with E-state index < -0.39 is 0 Å². The predicted octanol–water partition coefficient (Wildman–Crippen LogP) is 2.53. The monoisotopic (exact) mass is 303 g/mol. The highest BCUT2D eigenvalue weighted by Crippen LogP contribution is 2.17. The van der Waals surface area contributed by atoms with Crippen molar-refractivity contribution in [3.8, 4) is 0 Å². The summed E-state index contributed by atoms with van der Waals surface area (Å²) in [6, 6.07) is 5.87. The molecule has 21 heavy (non-hydrogen) atoms. The second kappa shape index (κ2) is 7.73. The van der Waals surface area contributed by atoms with Crippen LogP contribution >= 0.6 is 11.3 Å². The zero-order valence-electron chi connectivity index (χ0n) is 12.6. The van der Waals surface area contributed by atoms with Crippen molar-refractivity contribution in [1.29, 1.82) is 0 Å². The first-order chi connectivity index (χ1) is 10.2. The highest BCUT2D eigenvalue weighted by atomic mass is 32.1. The Balaban J connectivity index is 1.82. The molecule has 6 heteroatoms. The number of aliphatic imine (C=N–C) groups is 1. The van der Waals surface area contributed by atoms with Gasteiger partial charge in [-0.15, -0.1) is 11.3 Å². The Morgan fingerprint density at radius 2 is 2.10 bits per heavy atom. The number of nitrogens with one attached hydrogen (secondary N) is 2. The molecule has 2 aromatic heterocycles. The molecular weight excluding hydrogens is 282 g/mol. The van der Waals surface area contributed by atoms with Crippen LogP contribution in [0.5, 0.6) is 0 Å². The van der Waals surface area contributed by atoms with Gasteiger partial charge in [0, 0.05) is 18.6 Å². The molecule has 0 amide bonds. The molecule has 0 unspecified atom stereocenters. The predicted molar refractivity (Wildman–Crippen MR) is 87.5 cm³/mol. The summed E-state index contributed by atoms with van der Waals surface area (Å²) >= 11 is 1.68. The summed E-state index contributed by atoms with van der Waals surface area (Å²) < 4.78 is 0. The first-order valence-corrected chi connectivity index (χ1v) is 7.85. The van der Waals surface area contributed by atoms with Gasteiger partial charge in [0.05, 0.1) is 24.5 Å². The SMILES string of the molecule is CN=C(NCc1ccccn1)NCc1nc(C(C)C)cs1. The Labute approximate surface area is 129 Å². The summed E-state index contributed by atoms with van der Waals surface area (Å²) in [5.41, 5.74) is 2.13. The minimum Gasteiger partial charge on any atom is -0.351 e. The lowest BCUT2D eigenvalue weighted by Gasteiger charge is -2.10. The standard InChI is InChI=1S/C15H21N5S/c1-11(2)13-10-21-14(20-13)9-19-15(16-3)18-8-12-6-4-5-7-17-12/h4-7,10-11H,8-9H2,1-3H3,(H2,16,18,19). The van der Waals surface area contributed by atoms with Crippen LogP contribution in [0.2, 0.25) is 0 Å². The van der Waals surface area contributed by atoms with Gasteiger partial charge in [-0.2, -0.15) is 0 Å². The van der Waals surface area contributed by atoms with E-state index in [1.165, 1.54) is 0 Å². The summed E-state index contributed by atoms with van der Waals surface area (Å²) in [5, 5.41) is 9.69. The van der Waals surface area contributed by atoms with Crippen molar-refractivity contribution in [1.82, 2.24) is 20.6 Å². The van der Waals surface area contributed by atoms with E-state index in [4.69, 9.17) is 0 Å². The third-order valence-corrected chi connectivity index (χ3v) is 3.82. The van der Waals surface area contributed by atoms with Crippen molar-refractivity contribution < 1.29 is 0 Å². The number of nitrogens with zero attached hydrogens (tertiary/aromatic N) is 3. The number of guanidine groups is 1. The molecule has 0 radical (unpaired) electrons. The van der Waals surface area contributed by atoms with Crippen molar-refractivity contribution in [2.24, 2.45) is 4.99 Å². The molecule has 0 spiro atoms. The van der Waals surface area contributed by atoms with Crippen molar-refractivity contribution in [3.63, 3.8) is 0 Å². The van der Waals surface area contributed by atoms with E-state index in [2.05, 4.69) is 44.8 Å². The maximum atomic E-state index is 4.60. The van der Waals surface area contributed by atoms with Gasteiger partial charge in [-0.05, 0) is 18.1 Å². The number of thiazole rings is 1. The van der Waals surface area contributed by atoms with Crippen molar-refractivity contribution >= 4 is 17.3 Å². The van der Waals surface area contributed by atoms with E-state index in [0.29, 0.717) is 19.0 Å². The van der Waals surface area contributed by atoms with Crippen LogP contribution in [0, 0.1) is 0 Å². The molecule has 2 N–H and O–H groups in total. The molecule has 0 saturated carbocycles. The Bertz CT molecular complexity index is 577. The molecule has 2 aromatic rings. The molecule has 112 valence electrons. The summed E-state index contributed by atoms with van der Waals surface area (Å²) in [4.78, 5) is 13.1. The van der Waals surface area contributed by atoms with Gasteiger partial charge in [-0.25, -0.2) is 4.98 Å². The molecule has 0 aliphatic rings. The first-order valence-electron chi connectivity index (χ1n) is 6.97. The molecule has 0 saturated heterocycles. The fourth-order valence-electron chi connectivity index (χ4n) is 1.73. The van der Waals surface area contributed by atoms with Gasteiger partial charge in [0.25, 0.3) is 0 Å². The lowest BCUT2D eigenvalue weighted by atomic mass is 10.2. The van der Waals surface area contributed by atoms with E-state index in [-0.39, 0.29) is 0 Å². The quantitative estimate of drug-likeness (QED) is 0.658. The molecule has 2 rings (SSSR count). The molecule has 0 aliphatic heterocycles. The first kappa shape index (κ1) is 15.4. The van der Waals surface area contributed by atoms with E-state index >= 15 is 0 Å². The van der Waals surface area contributed by atoms with Gasteiger partial charge in [0.2, 0.25) is 0 Å². The molecule has 5 nitrogen and oxygen atoms in total. The lowest BCUT2D eigenvalue weighted by molar-refractivity contribution is 0.777. The highest BCUT2D eigenvalue weighted by Gasteiger charge is 2.06. The van der Waals surface area contributed by atoms with Crippen LogP contribution in [-0.4, -0.2) is 23.0 Å². The van der Waals surface area contributed by atoms with Crippen LogP contribution in [0.3, 0.4) is 0 Å². The van der Waals surface area contributed by atoms with Crippen LogP contribution in [0.1, 0.15) is 36.2 Å². The summed E-state index contributed by atoms with van der Waals surface area (Å²) in [7, 11) is 1.76. The fourth-order valence-corrected chi connectivity index (χ4v) is 2.62. The van der Waals surface area contributed by atoms with Crippen molar-refractivity contribution in [2.45, 2.75) is 32.9 Å². The maximum absolute atomic E-state index is 4.60. The Morgan fingerprint density at radius 3 is 2.71 bits per heavy atom. The topological polar surface area (TPSA) is 62.2 Å². The van der Waals surface area contributed by atoms with Crippen LogP contribution in [-0.2, 0) is 13.1 Å². The Kier molecular flexibility index (Phi) is 5.68. The number of aromatic nitrogens is 2. The van der Waals surface area contributed by atoms with Crippen molar-refractivity contribution in [2.75, 3.05) is 7.05 Å². The zero-order chi connectivity index (χ0) is 15.1. The van der Waals surface area contributed by atoms with Gasteiger partial charge in [-0.1, -0.05) is 19.9 Å². The summed E-state index contributed by atoms with van der Waals surface area (Å²) in [6.45, 7) is 5.63. The zero-order valence-corrected chi connectivity index (χ0v) is 13.4. The molecule has 0 bridgehead atoms. The summed E-state index contributed by atoms with van der Waals surface area (Å²) in [6.07, 6.45) is 1.79. The number of rotatable bonds is 5. The maximum Gasteiger partial charge on any atom is 0.191 e. The molecular formula is C15H21N5S. The Hall–Kier alpha value is -1.95. The molecule has 0 aliphatic carbocycles. The molecule has 2 heterocycles. The largest absolute Gasteiger partial charge is 0.351 e. The normalized spacial score (nSPS) is 11.7. The van der Waals surface area contributed by atoms with Gasteiger partial charge in [0.15, 0.2) is 5.96 Å². The molecule has 0 aromatic carbocycles. The highest BCUT2D eigenvalue weighted by molar-refractivity contribution is 7.09. The smallest absolute Gasteiger partial charge is 0.191 e. The second-order valence-corrected chi connectivity index (χ2v) is 5.86. The minimum atomic E-state index is 0.469. The average molecular weight is 303 g/mol. The van der Waals surface area contributed by atoms with Gasteiger partial charge in [0.1, 0.15) is 5.01 Å².